The van der Waals surface area contributed by atoms with Gasteiger partial charge in [0.05, 0.1) is 18.4 Å². The molecule has 0 atom stereocenters. The molecule has 1 saturated carbocycles. The van der Waals surface area contributed by atoms with Gasteiger partial charge in [-0.1, -0.05) is 25.0 Å². The number of ether oxygens (including phenoxy) is 1. The summed E-state index contributed by atoms with van der Waals surface area (Å²) in [6, 6.07) is 6.63. The highest BCUT2D eigenvalue weighted by Crippen LogP contribution is 2.25. The SMILES string of the molecule is COC(=O)c1ccc(CS(=O)(=O)N(C)C2CCCC2)cc1. The van der Waals surface area contributed by atoms with E-state index >= 15 is 0 Å². The van der Waals surface area contributed by atoms with Gasteiger partial charge in [-0.15, -0.1) is 0 Å². The van der Waals surface area contributed by atoms with Gasteiger partial charge in [-0.3, -0.25) is 0 Å². The molecule has 21 heavy (non-hydrogen) atoms. The number of carbonyl (C=O) groups is 1. The van der Waals surface area contributed by atoms with Crippen molar-refractivity contribution in [2.75, 3.05) is 14.2 Å². The Morgan fingerprint density at radius 3 is 2.33 bits per heavy atom. The fourth-order valence-electron chi connectivity index (χ4n) is 2.66. The molecule has 6 heteroatoms. The number of hydrogen-bond acceptors (Lipinski definition) is 4. The molecule has 0 aromatic heterocycles. The summed E-state index contributed by atoms with van der Waals surface area (Å²) in [5.74, 6) is -0.464. The van der Waals surface area contributed by atoms with Gasteiger partial charge in [0, 0.05) is 13.1 Å². The third-order valence-electron chi connectivity index (χ3n) is 4.00. The van der Waals surface area contributed by atoms with E-state index in [1.165, 1.54) is 11.4 Å². The number of esters is 1. The summed E-state index contributed by atoms with van der Waals surface area (Å²) in [6.07, 6.45) is 4.07. The fraction of sp³-hybridized carbons (Fsp3) is 0.533. The molecule has 1 aromatic rings. The summed E-state index contributed by atoms with van der Waals surface area (Å²) in [4.78, 5) is 11.3. The number of carbonyl (C=O) groups excluding carboxylic acids is 1. The predicted molar refractivity (Wildman–Crippen MR) is 80.4 cm³/mol. The van der Waals surface area contributed by atoms with Crippen molar-refractivity contribution in [2.24, 2.45) is 0 Å². The molecule has 0 amide bonds. The first-order valence-electron chi connectivity index (χ1n) is 7.07. The summed E-state index contributed by atoms with van der Waals surface area (Å²) >= 11 is 0. The molecule has 0 unspecified atom stereocenters. The molecular formula is C15H21NO4S. The molecule has 0 aliphatic heterocycles. The number of methoxy groups -OCH3 is 1. The predicted octanol–water partition coefficient (Wildman–Crippen LogP) is 2.18. The molecule has 0 saturated heterocycles. The van der Waals surface area contributed by atoms with Crippen LogP contribution in [0.15, 0.2) is 24.3 Å². The summed E-state index contributed by atoms with van der Waals surface area (Å²) in [6.45, 7) is 0. The first-order valence-corrected chi connectivity index (χ1v) is 8.68. The number of nitrogens with zero attached hydrogens (tertiary/aromatic N) is 1. The molecule has 116 valence electrons. The highest BCUT2D eigenvalue weighted by atomic mass is 32.2. The van der Waals surface area contributed by atoms with Crippen LogP contribution in [0, 0.1) is 0 Å². The highest BCUT2D eigenvalue weighted by Gasteiger charge is 2.28. The fourth-order valence-corrected chi connectivity index (χ4v) is 4.14. The van der Waals surface area contributed by atoms with Crippen LogP contribution < -0.4 is 0 Å². The number of sulfonamides is 1. The van der Waals surface area contributed by atoms with Crippen LogP contribution in [0.5, 0.6) is 0 Å². The van der Waals surface area contributed by atoms with Crippen LogP contribution in [0.3, 0.4) is 0 Å². The van der Waals surface area contributed by atoms with E-state index in [0.29, 0.717) is 11.1 Å². The van der Waals surface area contributed by atoms with Crippen LogP contribution in [0.25, 0.3) is 0 Å². The van der Waals surface area contributed by atoms with Crippen molar-refractivity contribution >= 4 is 16.0 Å². The van der Waals surface area contributed by atoms with Crippen LogP contribution in [0.2, 0.25) is 0 Å². The van der Waals surface area contributed by atoms with Gasteiger partial charge in [-0.25, -0.2) is 17.5 Å². The maximum atomic E-state index is 12.4. The van der Waals surface area contributed by atoms with Crippen molar-refractivity contribution < 1.29 is 17.9 Å². The van der Waals surface area contributed by atoms with E-state index in [0.717, 1.165) is 25.7 Å². The molecule has 1 aliphatic rings. The van der Waals surface area contributed by atoms with E-state index in [2.05, 4.69) is 4.74 Å². The summed E-state index contributed by atoms with van der Waals surface area (Å²) in [5.41, 5.74) is 1.09. The third-order valence-corrected chi connectivity index (χ3v) is 5.88. The lowest BCUT2D eigenvalue weighted by Crippen LogP contribution is -2.36. The van der Waals surface area contributed by atoms with Gasteiger partial charge >= 0.3 is 5.97 Å². The van der Waals surface area contributed by atoms with Crippen molar-refractivity contribution in [1.29, 1.82) is 0 Å². The van der Waals surface area contributed by atoms with Crippen LogP contribution in [0.1, 0.15) is 41.6 Å². The molecule has 2 rings (SSSR count). The Morgan fingerprint density at radius 2 is 1.81 bits per heavy atom. The standard InChI is InChI=1S/C15H21NO4S/c1-16(14-5-3-4-6-14)21(18,19)11-12-7-9-13(10-8-12)15(17)20-2/h7-10,14H,3-6,11H2,1-2H3. The average Bonchev–Trinajstić information content (AvgIpc) is 3.00. The molecular weight excluding hydrogens is 290 g/mol. The Morgan fingerprint density at radius 1 is 1.24 bits per heavy atom. The molecule has 1 aromatic carbocycles. The molecule has 1 aliphatic carbocycles. The monoisotopic (exact) mass is 311 g/mol. The van der Waals surface area contributed by atoms with Gasteiger partial charge in [0.15, 0.2) is 0 Å². The van der Waals surface area contributed by atoms with Crippen molar-refractivity contribution in [1.82, 2.24) is 4.31 Å². The molecule has 5 nitrogen and oxygen atoms in total. The van der Waals surface area contributed by atoms with Gasteiger partial charge < -0.3 is 4.74 Å². The van der Waals surface area contributed by atoms with Gasteiger partial charge in [0.2, 0.25) is 10.0 Å². The Balaban J connectivity index is 2.07. The molecule has 0 N–H and O–H groups in total. The van der Waals surface area contributed by atoms with Crippen LogP contribution in [-0.2, 0) is 20.5 Å². The topological polar surface area (TPSA) is 63.7 Å². The zero-order valence-corrected chi connectivity index (χ0v) is 13.2. The van der Waals surface area contributed by atoms with E-state index in [-0.39, 0.29) is 11.8 Å². The highest BCUT2D eigenvalue weighted by molar-refractivity contribution is 7.88. The van der Waals surface area contributed by atoms with E-state index in [4.69, 9.17) is 0 Å². The van der Waals surface area contributed by atoms with Crippen molar-refractivity contribution in [3.05, 3.63) is 35.4 Å². The largest absolute Gasteiger partial charge is 0.465 e. The third kappa shape index (κ3) is 3.83. The van der Waals surface area contributed by atoms with Crippen molar-refractivity contribution in [2.45, 2.75) is 37.5 Å². The van der Waals surface area contributed by atoms with Gasteiger partial charge in [0.25, 0.3) is 0 Å². The minimum atomic E-state index is -3.32. The van der Waals surface area contributed by atoms with E-state index in [1.54, 1.807) is 31.3 Å². The average molecular weight is 311 g/mol. The minimum absolute atomic E-state index is 0.0402. The molecule has 0 spiro atoms. The maximum Gasteiger partial charge on any atom is 0.337 e. The lowest BCUT2D eigenvalue weighted by molar-refractivity contribution is 0.0600. The van der Waals surface area contributed by atoms with Crippen molar-refractivity contribution in [3.63, 3.8) is 0 Å². The van der Waals surface area contributed by atoms with E-state index < -0.39 is 16.0 Å². The quantitative estimate of drug-likeness (QED) is 0.782. The molecule has 0 radical (unpaired) electrons. The first-order chi connectivity index (χ1) is 9.94. The molecule has 0 heterocycles. The van der Waals surface area contributed by atoms with E-state index in [9.17, 15) is 13.2 Å². The van der Waals surface area contributed by atoms with Gasteiger partial charge in [-0.05, 0) is 30.5 Å². The zero-order valence-electron chi connectivity index (χ0n) is 12.4. The second-order valence-corrected chi connectivity index (χ2v) is 7.43. The summed E-state index contributed by atoms with van der Waals surface area (Å²) in [5, 5.41) is 0. The Labute approximate surface area is 126 Å². The van der Waals surface area contributed by atoms with Gasteiger partial charge in [-0.2, -0.15) is 0 Å². The Hall–Kier alpha value is -1.40. The van der Waals surface area contributed by atoms with Gasteiger partial charge in [0.1, 0.15) is 0 Å². The van der Waals surface area contributed by atoms with E-state index in [1.807, 2.05) is 0 Å². The Kier molecular flexibility index (Phi) is 5.00. The minimum Gasteiger partial charge on any atom is -0.465 e. The first kappa shape index (κ1) is 16.0. The summed E-state index contributed by atoms with van der Waals surface area (Å²) in [7, 11) is -0.341. The maximum absolute atomic E-state index is 12.4. The second kappa shape index (κ2) is 6.58. The smallest absolute Gasteiger partial charge is 0.337 e. The lowest BCUT2D eigenvalue weighted by atomic mass is 10.1. The number of hydrogen-bond donors (Lipinski definition) is 0. The van der Waals surface area contributed by atoms with Crippen LogP contribution >= 0.6 is 0 Å². The number of rotatable bonds is 5. The number of benzene rings is 1. The van der Waals surface area contributed by atoms with Crippen LogP contribution in [-0.4, -0.2) is 38.9 Å². The molecule has 0 bridgehead atoms. The lowest BCUT2D eigenvalue weighted by Gasteiger charge is -2.23. The van der Waals surface area contributed by atoms with Crippen molar-refractivity contribution in [3.8, 4) is 0 Å². The summed E-state index contributed by atoms with van der Waals surface area (Å²) < 4.78 is 30.9. The second-order valence-electron chi connectivity index (χ2n) is 5.40. The normalized spacial score (nSPS) is 16.3. The molecule has 1 fully saturated rings. The zero-order chi connectivity index (χ0) is 15.5. The van der Waals surface area contributed by atoms with Crippen LogP contribution in [0.4, 0.5) is 0 Å². The Bertz CT molecular complexity index is 589.